The van der Waals surface area contributed by atoms with Crippen molar-refractivity contribution in [3.63, 3.8) is 0 Å². The van der Waals surface area contributed by atoms with Gasteiger partial charge < -0.3 is 14.6 Å². The van der Waals surface area contributed by atoms with Crippen molar-refractivity contribution in [3.8, 4) is 5.75 Å². The highest BCUT2D eigenvalue weighted by atomic mass is 19.4. The molecule has 1 aliphatic heterocycles. The summed E-state index contributed by atoms with van der Waals surface area (Å²) in [4.78, 5) is 18.5. The molecule has 1 amide bonds. The van der Waals surface area contributed by atoms with Crippen LogP contribution in [0.15, 0.2) is 59.1 Å². The summed E-state index contributed by atoms with van der Waals surface area (Å²) in [6.45, 7) is 1.90. The molecule has 7 nitrogen and oxygen atoms in total. The maximum Gasteiger partial charge on any atom is 0.404 e. The van der Waals surface area contributed by atoms with Crippen LogP contribution in [-0.2, 0) is 17.9 Å². The predicted octanol–water partition coefficient (Wildman–Crippen LogP) is 4.35. The quantitative estimate of drug-likeness (QED) is 0.565. The van der Waals surface area contributed by atoms with Crippen LogP contribution in [0, 0.1) is 12.3 Å². The maximum atomic E-state index is 14.1. The Kier molecular flexibility index (Phi) is 6.37. The average Bonchev–Trinajstić information content (AvgIpc) is 3.41. The number of alkyl halides is 3. The zero-order chi connectivity index (χ0) is 23.5. The molecule has 1 fully saturated rings. The second-order valence-corrected chi connectivity index (χ2v) is 8.02. The number of rotatable bonds is 7. The predicted molar refractivity (Wildman–Crippen MR) is 113 cm³/mol. The van der Waals surface area contributed by atoms with Gasteiger partial charge in [0.25, 0.3) is 0 Å². The van der Waals surface area contributed by atoms with E-state index in [4.69, 9.17) is 9.26 Å². The van der Waals surface area contributed by atoms with Crippen LogP contribution < -0.4 is 10.1 Å². The van der Waals surface area contributed by atoms with Gasteiger partial charge in [0.2, 0.25) is 17.6 Å². The fourth-order valence-corrected chi connectivity index (χ4v) is 3.84. The largest absolute Gasteiger partial charge is 0.485 e. The van der Waals surface area contributed by atoms with Crippen LogP contribution in [0.4, 0.5) is 18.9 Å². The molecule has 0 radical (unpaired) electrons. The van der Waals surface area contributed by atoms with Crippen LogP contribution in [0.25, 0.3) is 0 Å². The number of nitrogens with zero attached hydrogens (tertiary/aromatic N) is 3. The maximum absolute atomic E-state index is 14.1. The lowest BCUT2D eigenvalue weighted by Gasteiger charge is -2.30. The lowest BCUT2D eigenvalue weighted by Crippen LogP contribution is -2.49. The van der Waals surface area contributed by atoms with Crippen LogP contribution in [0.3, 0.4) is 0 Å². The number of carbonyl (C=O) groups excluding carboxylic acids is 1. The SMILES string of the molecule is Cc1nc(COc2ccc(NC(=O)C3(C(F)(F)F)CCN(Cc4ccccc4)C3)cc2)no1. The van der Waals surface area contributed by atoms with Gasteiger partial charge in [-0.25, -0.2) is 0 Å². The van der Waals surface area contributed by atoms with Gasteiger partial charge in [0.05, 0.1) is 0 Å². The van der Waals surface area contributed by atoms with Crippen molar-refractivity contribution in [2.75, 3.05) is 18.4 Å². The summed E-state index contributed by atoms with van der Waals surface area (Å²) in [5.41, 5.74) is -1.30. The fraction of sp³-hybridized carbons (Fsp3) is 0.348. The van der Waals surface area contributed by atoms with Crippen molar-refractivity contribution in [2.45, 2.75) is 32.7 Å². The Balaban J connectivity index is 1.40. The Bertz CT molecular complexity index is 1090. The molecule has 0 spiro atoms. The number of ether oxygens (including phenoxy) is 1. The molecule has 1 aliphatic rings. The minimum atomic E-state index is -4.67. The summed E-state index contributed by atoms with van der Waals surface area (Å²) in [6, 6.07) is 15.3. The Hall–Kier alpha value is -3.40. The molecule has 10 heteroatoms. The number of halogens is 3. The molecule has 33 heavy (non-hydrogen) atoms. The molecular formula is C23H23F3N4O3. The lowest BCUT2D eigenvalue weighted by molar-refractivity contribution is -0.215. The number of hydrogen-bond acceptors (Lipinski definition) is 6. The van der Waals surface area contributed by atoms with Crippen molar-refractivity contribution < 1.29 is 27.2 Å². The summed E-state index contributed by atoms with van der Waals surface area (Å²) in [6.07, 6.45) is -4.96. The summed E-state index contributed by atoms with van der Waals surface area (Å²) in [5, 5.41) is 6.16. The summed E-state index contributed by atoms with van der Waals surface area (Å²) < 4.78 is 52.6. The van der Waals surface area contributed by atoms with Gasteiger partial charge in [-0.2, -0.15) is 18.2 Å². The van der Waals surface area contributed by atoms with Crippen LogP contribution in [0.1, 0.15) is 23.7 Å². The third-order valence-corrected chi connectivity index (χ3v) is 5.62. The zero-order valence-corrected chi connectivity index (χ0v) is 17.9. The van der Waals surface area contributed by atoms with E-state index in [1.807, 2.05) is 30.3 Å². The third-order valence-electron chi connectivity index (χ3n) is 5.62. The Labute approximate surface area is 188 Å². The van der Waals surface area contributed by atoms with Crippen LogP contribution >= 0.6 is 0 Å². The summed E-state index contributed by atoms with van der Waals surface area (Å²) in [5.74, 6) is 0.190. The minimum Gasteiger partial charge on any atom is -0.485 e. The van der Waals surface area contributed by atoms with E-state index in [-0.39, 0.29) is 31.8 Å². The van der Waals surface area contributed by atoms with Gasteiger partial charge in [-0.15, -0.1) is 0 Å². The number of aromatic nitrogens is 2. The number of hydrogen-bond donors (Lipinski definition) is 1. The molecule has 0 saturated carbocycles. The Morgan fingerprint density at radius 2 is 1.91 bits per heavy atom. The van der Waals surface area contributed by atoms with Gasteiger partial charge in [0, 0.05) is 25.7 Å². The first-order valence-electron chi connectivity index (χ1n) is 10.4. The molecular weight excluding hydrogens is 437 g/mol. The standard InChI is InChI=1S/C23H23F3N4O3/c1-16-27-20(29-33-16)14-32-19-9-7-18(8-10-19)28-21(31)22(23(24,25)26)11-12-30(15-22)13-17-5-3-2-4-6-17/h2-10H,11-15H2,1H3,(H,28,31). The van der Waals surface area contributed by atoms with E-state index in [1.165, 1.54) is 12.1 Å². The normalized spacial score (nSPS) is 18.9. The number of likely N-dealkylation sites (tertiary alicyclic amines) is 1. The molecule has 0 bridgehead atoms. The molecule has 174 valence electrons. The van der Waals surface area contributed by atoms with E-state index in [9.17, 15) is 18.0 Å². The molecule has 1 atom stereocenters. The first-order valence-corrected chi connectivity index (χ1v) is 10.4. The number of benzene rings is 2. The van der Waals surface area contributed by atoms with E-state index in [0.717, 1.165) is 5.56 Å². The van der Waals surface area contributed by atoms with E-state index in [1.54, 1.807) is 24.0 Å². The minimum absolute atomic E-state index is 0.0808. The number of anilines is 1. The number of carbonyl (C=O) groups is 1. The van der Waals surface area contributed by atoms with Gasteiger partial charge >= 0.3 is 6.18 Å². The smallest absolute Gasteiger partial charge is 0.404 e. The third kappa shape index (κ3) is 5.16. The molecule has 1 saturated heterocycles. The number of aryl methyl sites for hydroxylation is 1. The lowest BCUT2D eigenvalue weighted by atomic mass is 9.85. The van der Waals surface area contributed by atoms with E-state index in [0.29, 0.717) is 24.0 Å². The van der Waals surface area contributed by atoms with Crippen LogP contribution in [-0.4, -0.2) is 40.2 Å². The summed E-state index contributed by atoms with van der Waals surface area (Å²) >= 11 is 0. The van der Waals surface area contributed by atoms with Crippen molar-refractivity contribution in [1.29, 1.82) is 0 Å². The van der Waals surface area contributed by atoms with Crippen molar-refractivity contribution in [1.82, 2.24) is 15.0 Å². The van der Waals surface area contributed by atoms with Gasteiger partial charge in [0.1, 0.15) is 5.75 Å². The molecule has 2 heterocycles. The zero-order valence-electron chi connectivity index (χ0n) is 17.9. The molecule has 4 rings (SSSR count). The van der Waals surface area contributed by atoms with Crippen molar-refractivity contribution >= 4 is 11.6 Å². The van der Waals surface area contributed by atoms with Gasteiger partial charge in [-0.3, -0.25) is 9.69 Å². The van der Waals surface area contributed by atoms with Crippen LogP contribution in [0.2, 0.25) is 0 Å². The average molecular weight is 460 g/mol. The molecule has 1 unspecified atom stereocenters. The van der Waals surface area contributed by atoms with Crippen molar-refractivity contribution in [3.05, 3.63) is 71.9 Å². The fourth-order valence-electron chi connectivity index (χ4n) is 3.84. The first kappa shape index (κ1) is 22.8. The summed E-state index contributed by atoms with van der Waals surface area (Å²) in [7, 11) is 0. The Morgan fingerprint density at radius 3 is 2.55 bits per heavy atom. The second kappa shape index (κ2) is 9.22. The van der Waals surface area contributed by atoms with E-state index in [2.05, 4.69) is 15.5 Å². The molecule has 1 aromatic heterocycles. The Morgan fingerprint density at radius 1 is 1.18 bits per heavy atom. The molecule has 3 aromatic rings. The van der Waals surface area contributed by atoms with E-state index >= 15 is 0 Å². The van der Waals surface area contributed by atoms with Gasteiger partial charge in [-0.05, 0) is 42.8 Å². The van der Waals surface area contributed by atoms with Gasteiger partial charge in [-0.1, -0.05) is 35.5 Å². The van der Waals surface area contributed by atoms with E-state index < -0.39 is 17.5 Å². The highest BCUT2D eigenvalue weighted by Crippen LogP contribution is 2.46. The first-order chi connectivity index (χ1) is 15.7. The van der Waals surface area contributed by atoms with Crippen LogP contribution in [0.5, 0.6) is 5.75 Å². The second-order valence-electron chi connectivity index (χ2n) is 8.02. The molecule has 0 aliphatic carbocycles. The molecule has 1 N–H and O–H groups in total. The molecule has 2 aromatic carbocycles. The highest BCUT2D eigenvalue weighted by Gasteiger charge is 2.62. The van der Waals surface area contributed by atoms with Gasteiger partial charge in [0.15, 0.2) is 12.0 Å². The highest BCUT2D eigenvalue weighted by molar-refractivity contribution is 5.96. The topological polar surface area (TPSA) is 80.5 Å². The number of nitrogens with one attached hydrogen (secondary N) is 1. The number of amides is 1. The van der Waals surface area contributed by atoms with Crippen molar-refractivity contribution in [2.24, 2.45) is 5.41 Å². The monoisotopic (exact) mass is 460 g/mol.